The van der Waals surface area contributed by atoms with Crippen molar-refractivity contribution in [1.82, 2.24) is 10.2 Å². The highest BCUT2D eigenvalue weighted by atomic mass is 16.5. The quantitative estimate of drug-likeness (QED) is 0.852. The summed E-state index contributed by atoms with van der Waals surface area (Å²) in [5.74, 6) is 1.76. The lowest BCUT2D eigenvalue weighted by Gasteiger charge is -2.29. The highest BCUT2D eigenvalue weighted by Gasteiger charge is 2.16. The molecule has 3 nitrogen and oxygen atoms in total. The first kappa shape index (κ1) is 14.4. The molecule has 1 heterocycles. The van der Waals surface area contributed by atoms with Crippen LogP contribution in [0.15, 0.2) is 24.3 Å². The van der Waals surface area contributed by atoms with E-state index in [2.05, 4.69) is 35.3 Å². The van der Waals surface area contributed by atoms with Crippen LogP contribution in [0.5, 0.6) is 5.75 Å². The summed E-state index contributed by atoms with van der Waals surface area (Å²) >= 11 is 0. The minimum Gasteiger partial charge on any atom is -0.497 e. The number of piperidine rings is 1. The van der Waals surface area contributed by atoms with Crippen molar-refractivity contribution in [3.8, 4) is 5.75 Å². The minimum atomic E-state index is 0.805. The Morgan fingerprint density at radius 1 is 1.42 bits per heavy atom. The molecule has 1 aromatic carbocycles. The van der Waals surface area contributed by atoms with E-state index in [1.54, 1.807) is 7.11 Å². The second kappa shape index (κ2) is 7.51. The van der Waals surface area contributed by atoms with E-state index in [9.17, 15) is 0 Å². The van der Waals surface area contributed by atoms with Crippen molar-refractivity contribution in [2.45, 2.75) is 26.3 Å². The molecule has 1 aliphatic heterocycles. The molecule has 1 saturated heterocycles. The van der Waals surface area contributed by atoms with Gasteiger partial charge in [0, 0.05) is 13.1 Å². The van der Waals surface area contributed by atoms with Crippen LogP contribution in [-0.2, 0) is 6.54 Å². The van der Waals surface area contributed by atoms with Crippen molar-refractivity contribution in [3.63, 3.8) is 0 Å². The van der Waals surface area contributed by atoms with Crippen molar-refractivity contribution < 1.29 is 4.74 Å². The fourth-order valence-electron chi connectivity index (χ4n) is 2.78. The van der Waals surface area contributed by atoms with Crippen molar-refractivity contribution >= 4 is 0 Å². The Morgan fingerprint density at radius 3 is 3.00 bits per heavy atom. The number of hydrogen-bond donors (Lipinski definition) is 1. The van der Waals surface area contributed by atoms with Crippen molar-refractivity contribution in [1.29, 1.82) is 0 Å². The van der Waals surface area contributed by atoms with E-state index in [0.29, 0.717) is 0 Å². The van der Waals surface area contributed by atoms with E-state index in [4.69, 9.17) is 4.74 Å². The fraction of sp³-hybridized carbons (Fsp3) is 0.625. The van der Waals surface area contributed by atoms with Crippen LogP contribution in [0.4, 0.5) is 0 Å². The molecule has 0 aliphatic carbocycles. The second-order valence-electron chi connectivity index (χ2n) is 5.39. The molecular formula is C16H26N2O. The lowest BCUT2D eigenvalue weighted by Crippen LogP contribution is -2.38. The van der Waals surface area contributed by atoms with Gasteiger partial charge >= 0.3 is 0 Å². The topological polar surface area (TPSA) is 24.5 Å². The van der Waals surface area contributed by atoms with Crippen molar-refractivity contribution in [2.24, 2.45) is 5.92 Å². The summed E-state index contributed by atoms with van der Waals surface area (Å²) in [6.45, 7) is 7.93. The zero-order chi connectivity index (χ0) is 13.5. The van der Waals surface area contributed by atoms with Gasteiger partial charge in [-0.25, -0.2) is 0 Å². The Hall–Kier alpha value is -1.06. The van der Waals surface area contributed by atoms with Crippen LogP contribution >= 0.6 is 0 Å². The highest BCUT2D eigenvalue weighted by Crippen LogP contribution is 2.17. The molecule has 1 atom stereocenters. The van der Waals surface area contributed by atoms with Gasteiger partial charge in [-0.15, -0.1) is 0 Å². The Morgan fingerprint density at radius 2 is 2.32 bits per heavy atom. The highest BCUT2D eigenvalue weighted by molar-refractivity contribution is 5.28. The molecule has 1 N–H and O–H groups in total. The van der Waals surface area contributed by atoms with Crippen LogP contribution in [-0.4, -0.2) is 38.2 Å². The number of nitrogens with one attached hydrogen (secondary N) is 1. The van der Waals surface area contributed by atoms with E-state index in [0.717, 1.165) is 24.8 Å². The predicted octanol–water partition coefficient (Wildman–Crippen LogP) is 2.52. The average Bonchev–Trinajstić information content (AvgIpc) is 2.48. The molecule has 19 heavy (non-hydrogen) atoms. The molecular weight excluding hydrogens is 236 g/mol. The first-order valence-electron chi connectivity index (χ1n) is 7.37. The summed E-state index contributed by atoms with van der Waals surface area (Å²) in [6, 6.07) is 8.40. The molecule has 1 unspecified atom stereocenters. The van der Waals surface area contributed by atoms with Gasteiger partial charge in [0.2, 0.25) is 0 Å². The Balaban J connectivity index is 1.90. The third-order valence-corrected chi connectivity index (χ3v) is 3.90. The number of benzene rings is 1. The normalized spacial score (nSPS) is 19.6. The largest absolute Gasteiger partial charge is 0.497 e. The van der Waals surface area contributed by atoms with Crippen LogP contribution in [0.2, 0.25) is 0 Å². The van der Waals surface area contributed by atoms with Crippen LogP contribution in [0.3, 0.4) is 0 Å². The van der Waals surface area contributed by atoms with Crippen molar-refractivity contribution in [2.75, 3.05) is 33.3 Å². The summed E-state index contributed by atoms with van der Waals surface area (Å²) in [5.41, 5.74) is 1.34. The van der Waals surface area contributed by atoms with E-state index in [1.165, 1.54) is 38.0 Å². The maximum atomic E-state index is 5.29. The van der Waals surface area contributed by atoms with Gasteiger partial charge in [0.1, 0.15) is 5.75 Å². The molecule has 0 saturated carbocycles. The Labute approximate surface area is 116 Å². The first-order valence-corrected chi connectivity index (χ1v) is 7.37. The second-order valence-corrected chi connectivity index (χ2v) is 5.39. The molecule has 1 fully saturated rings. The van der Waals surface area contributed by atoms with Crippen LogP contribution in [0.25, 0.3) is 0 Å². The summed E-state index contributed by atoms with van der Waals surface area (Å²) < 4.78 is 5.29. The molecule has 3 heteroatoms. The van der Waals surface area contributed by atoms with Crippen LogP contribution in [0, 0.1) is 5.92 Å². The summed E-state index contributed by atoms with van der Waals surface area (Å²) in [4.78, 5) is 2.53. The van der Waals surface area contributed by atoms with Crippen LogP contribution < -0.4 is 10.1 Å². The number of ether oxygens (including phenoxy) is 1. The maximum absolute atomic E-state index is 5.29. The SMILES string of the molecule is CCN(Cc1cccc(OC)c1)CC1CCCNC1. The third kappa shape index (κ3) is 4.51. The van der Waals surface area contributed by atoms with Gasteiger partial charge in [0.25, 0.3) is 0 Å². The molecule has 0 bridgehead atoms. The number of methoxy groups -OCH3 is 1. The van der Waals surface area contributed by atoms with Gasteiger partial charge in [-0.2, -0.15) is 0 Å². The molecule has 0 aromatic heterocycles. The van der Waals surface area contributed by atoms with Gasteiger partial charge in [-0.3, -0.25) is 4.90 Å². The van der Waals surface area contributed by atoms with E-state index in [-0.39, 0.29) is 0 Å². The smallest absolute Gasteiger partial charge is 0.119 e. The van der Waals surface area contributed by atoms with Gasteiger partial charge in [0.15, 0.2) is 0 Å². The van der Waals surface area contributed by atoms with Crippen LogP contribution in [0.1, 0.15) is 25.3 Å². The predicted molar refractivity (Wildman–Crippen MR) is 79.5 cm³/mol. The van der Waals surface area contributed by atoms with Gasteiger partial charge < -0.3 is 10.1 Å². The number of nitrogens with zero attached hydrogens (tertiary/aromatic N) is 1. The number of hydrogen-bond acceptors (Lipinski definition) is 3. The lowest BCUT2D eigenvalue weighted by molar-refractivity contribution is 0.209. The van der Waals surface area contributed by atoms with Crippen molar-refractivity contribution in [3.05, 3.63) is 29.8 Å². The van der Waals surface area contributed by atoms with Gasteiger partial charge in [-0.05, 0) is 56.1 Å². The zero-order valence-electron chi connectivity index (χ0n) is 12.2. The van der Waals surface area contributed by atoms with E-state index < -0.39 is 0 Å². The Bertz CT molecular complexity index is 375. The van der Waals surface area contributed by atoms with Gasteiger partial charge in [0.05, 0.1) is 7.11 Å². The first-order chi connectivity index (χ1) is 9.31. The minimum absolute atomic E-state index is 0.805. The Kier molecular flexibility index (Phi) is 5.67. The molecule has 0 spiro atoms. The molecule has 106 valence electrons. The molecule has 1 aromatic rings. The van der Waals surface area contributed by atoms with E-state index >= 15 is 0 Å². The standard InChI is InChI=1S/C16H26N2O/c1-3-18(13-15-7-5-9-17-11-15)12-14-6-4-8-16(10-14)19-2/h4,6,8,10,15,17H,3,5,7,9,11-13H2,1-2H3. The fourth-order valence-corrected chi connectivity index (χ4v) is 2.78. The zero-order valence-corrected chi connectivity index (χ0v) is 12.2. The lowest BCUT2D eigenvalue weighted by atomic mass is 9.99. The molecule has 0 radical (unpaired) electrons. The third-order valence-electron chi connectivity index (χ3n) is 3.90. The molecule has 2 rings (SSSR count). The summed E-state index contributed by atoms with van der Waals surface area (Å²) in [5, 5.41) is 3.50. The van der Waals surface area contributed by atoms with Gasteiger partial charge in [-0.1, -0.05) is 19.1 Å². The maximum Gasteiger partial charge on any atom is 0.119 e. The number of rotatable bonds is 6. The van der Waals surface area contributed by atoms with E-state index in [1.807, 2.05) is 6.07 Å². The molecule has 1 aliphatic rings. The molecule has 0 amide bonds. The average molecular weight is 262 g/mol. The monoisotopic (exact) mass is 262 g/mol. The summed E-state index contributed by atoms with van der Waals surface area (Å²) in [7, 11) is 1.73. The summed E-state index contributed by atoms with van der Waals surface area (Å²) in [6.07, 6.45) is 2.68.